The number of para-hydroxylation sites is 1. The molecular weight excluding hydrogens is 458 g/mol. The van der Waals surface area contributed by atoms with Gasteiger partial charge in [0, 0.05) is 35.5 Å². The van der Waals surface area contributed by atoms with Crippen molar-refractivity contribution < 1.29 is 18.4 Å². The number of rotatable bonds is 8. The SMILES string of the molecule is [2H]C([2H])([2H])NC(=O)c1nnc(NC(=O)C2CC2)cc1Nc1cccc(-c2ncc(C34CC(C3)C4)cn2)c1OC. The average Bonchev–Trinajstić information content (AvgIpc) is 3.67. The molecule has 0 spiro atoms. The van der Waals surface area contributed by atoms with Crippen molar-refractivity contribution in [1.82, 2.24) is 25.5 Å². The monoisotopic (exact) mass is 488 g/mol. The second kappa shape index (κ2) is 8.54. The predicted molar refractivity (Wildman–Crippen MR) is 133 cm³/mol. The molecule has 0 aliphatic heterocycles. The number of methoxy groups -OCH3 is 1. The average molecular weight is 489 g/mol. The van der Waals surface area contributed by atoms with E-state index in [4.69, 9.17) is 8.85 Å². The molecule has 1 aromatic carbocycles. The number of ether oxygens (including phenoxy) is 1. The molecule has 7 rings (SSSR count). The van der Waals surface area contributed by atoms with Gasteiger partial charge in [-0.15, -0.1) is 10.2 Å². The molecule has 36 heavy (non-hydrogen) atoms. The van der Waals surface area contributed by atoms with E-state index >= 15 is 0 Å². The third-order valence-corrected chi connectivity index (χ3v) is 7.35. The van der Waals surface area contributed by atoms with Crippen LogP contribution in [0.4, 0.5) is 17.2 Å². The number of carbonyl (C=O) groups excluding carboxylic acids is 2. The van der Waals surface area contributed by atoms with Gasteiger partial charge in [-0.1, -0.05) is 6.07 Å². The van der Waals surface area contributed by atoms with E-state index in [0.29, 0.717) is 22.8 Å². The van der Waals surface area contributed by atoms with E-state index in [-0.39, 0.29) is 34.4 Å². The molecular formula is C26H27N7O3. The second-order valence-electron chi connectivity index (χ2n) is 9.77. The van der Waals surface area contributed by atoms with Crippen molar-refractivity contribution in [2.24, 2.45) is 11.8 Å². The fourth-order valence-electron chi connectivity index (χ4n) is 5.10. The Balaban J connectivity index is 1.32. The molecule has 0 saturated heterocycles. The van der Waals surface area contributed by atoms with Gasteiger partial charge in [0.05, 0.1) is 24.0 Å². The molecule has 0 unspecified atom stereocenters. The van der Waals surface area contributed by atoms with Crippen molar-refractivity contribution in [3.63, 3.8) is 0 Å². The van der Waals surface area contributed by atoms with Crippen LogP contribution in [0, 0.1) is 11.8 Å². The van der Waals surface area contributed by atoms with E-state index in [9.17, 15) is 9.59 Å². The molecule has 10 heteroatoms. The van der Waals surface area contributed by atoms with Crippen LogP contribution in [0.2, 0.25) is 0 Å². The molecule has 3 aromatic rings. The Bertz CT molecular complexity index is 1440. The van der Waals surface area contributed by atoms with Gasteiger partial charge in [0.2, 0.25) is 5.91 Å². The number of anilines is 3. The van der Waals surface area contributed by atoms with Crippen LogP contribution in [0.1, 0.15) is 52.3 Å². The third kappa shape index (κ3) is 3.82. The van der Waals surface area contributed by atoms with Gasteiger partial charge in [0.15, 0.2) is 23.1 Å². The quantitative estimate of drug-likeness (QED) is 0.439. The molecule has 2 bridgehead atoms. The Kier molecular flexibility index (Phi) is 4.54. The van der Waals surface area contributed by atoms with E-state index < -0.39 is 12.9 Å². The van der Waals surface area contributed by atoms with Gasteiger partial charge < -0.3 is 20.7 Å². The van der Waals surface area contributed by atoms with Gasteiger partial charge in [-0.25, -0.2) is 9.97 Å². The minimum Gasteiger partial charge on any atom is -0.494 e. The van der Waals surface area contributed by atoms with Crippen LogP contribution in [0.15, 0.2) is 36.7 Å². The minimum absolute atomic E-state index is 0.0699. The van der Waals surface area contributed by atoms with Crippen molar-refractivity contribution in [3.05, 3.63) is 47.9 Å². The minimum atomic E-state index is -2.73. The molecule has 0 radical (unpaired) electrons. The molecule has 4 aliphatic carbocycles. The maximum atomic E-state index is 12.8. The first-order valence-electron chi connectivity index (χ1n) is 13.4. The molecule has 4 fully saturated rings. The maximum absolute atomic E-state index is 12.8. The topological polar surface area (TPSA) is 131 Å². The third-order valence-electron chi connectivity index (χ3n) is 7.35. The number of aromatic nitrogens is 4. The highest BCUT2D eigenvalue weighted by Crippen LogP contribution is 2.64. The zero-order valence-corrected chi connectivity index (χ0v) is 19.7. The van der Waals surface area contributed by atoms with Crippen LogP contribution in [0.3, 0.4) is 0 Å². The zero-order chi connectivity index (χ0) is 27.4. The fourth-order valence-corrected chi connectivity index (χ4v) is 5.10. The van der Waals surface area contributed by atoms with Gasteiger partial charge in [-0.3, -0.25) is 9.59 Å². The number of hydrogen-bond acceptors (Lipinski definition) is 8. The number of amides is 2. The summed E-state index contributed by atoms with van der Waals surface area (Å²) in [5, 5.41) is 15.6. The summed E-state index contributed by atoms with van der Waals surface area (Å²) in [6.07, 6.45) is 9.00. The number of hydrogen-bond donors (Lipinski definition) is 3. The molecule has 4 saturated carbocycles. The normalized spacial score (nSPS) is 23.1. The van der Waals surface area contributed by atoms with Crippen LogP contribution < -0.4 is 20.7 Å². The first kappa shape index (κ1) is 19.1. The van der Waals surface area contributed by atoms with Crippen molar-refractivity contribution >= 4 is 29.0 Å². The van der Waals surface area contributed by atoms with E-state index in [1.165, 1.54) is 32.4 Å². The molecule has 2 heterocycles. The molecule has 10 nitrogen and oxygen atoms in total. The van der Waals surface area contributed by atoms with E-state index in [1.807, 2.05) is 23.8 Å². The number of nitrogens with zero attached hydrogens (tertiary/aromatic N) is 4. The van der Waals surface area contributed by atoms with Gasteiger partial charge >= 0.3 is 0 Å². The molecule has 3 N–H and O–H groups in total. The Morgan fingerprint density at radius 1 is 1.11 bits per heavy atom. The van der Waals surface area contributed by atoms with E-state index in [1.54, 1.807) is 12.1 Å². The first-order chi connectivity index (χ1) is 18.6. The van der Waals surface area contributed by atoms with Crippen LogP contribution >= 0.6 is 0 Å². The fraction of sp³-hybridized carbons (Fsp3) is 0.385. The molecule has 2 aromatic heterocycles. The van der Waals surface area contributed by atoms with Crippen molar-refractivity contribution in [2.45, 2.75) is 37.5 Å². The molecule has 2 amide bonds. The van der Waals surface area contributed by atoms with Crippen LogP contribution in [0.5, 0.6) is 5.75 Å². The van der Waals surface area contributed by atoms with Gasteiger partial charge in [-0.05, 0) is 61.1 Å². The summed E-state index contributed by atoms with van der Waals surface area (Å²) in [6.45, 7) is -2.73. The van der Waals surface area contributed by atoms with Gasteiger partial charge in [0.25, 0.3) is 5.91 Å². The Hall–Kier alpha value is -4.08. The Morgan fingerprint density at radius 3 is 2.53 bits per heavy atom. The predicted octanol–water partition coefficient (Wildman–Crippen LogP) is 3.45. The van der Waals surface area contributed by atoms with Crippen LogP contribution in [0.25, 0.3) is 11.4 Å². The van der Waals surface area contributed by atoms with Crippen molar-refractivity contribution in [2.75, 3.05) is 24.7 Å². The molecule has 184 valence electrons. The van der Waals surface area contributed by atoms with Crippen LogP contribution in [-0.2, 0) is 10.2 Å². The highest BCUT2D eigenvalue weighted by atomic mass is 16.5. The summed E-state index contributed by atoms with van der Waals surface area (Å²) in [7, 11) is 1.51. The second-order valence-corrected chi connectivity index (χ2v) is 9.77. The standard InChI is InChI=1S/C26H27N7O3/c1-27-25(35)21-19(8-20(32-33-21)31-24(34)15-6-7-15)30-18-5-3-4-17(22(18)36-2)23-28-12-16(13-29-23)26-9-14(10-26)11-26/h3-5,8,12-15H,6-7,9-11H2,1-2H3,(H,27,35)(H2,30,31,32,34)/i1D3. The van der Waals surface area contributed by atoms with Crippen molar-refractivity contribution in [3.8, 4) is 17.1 Å². The highest BCUT2D eigenvalue weighted by molar-refractivity contribution is 6.00. The summed E-state index contributed by atoms with van der Waals surface area (Å²) in [5.41, 5.74) is 2.37. The Morgan fingerprint density at radius 2 is 1.89 bits per heavy atom. The highest BCUT2D eigenvalue weighted by Gasteiger charge is 2.57. The summed E-state index contributed by atoms with van der Waals surface area (Å²) in [5.74, 6) is 0.669. The smallest absolute Gasteiger partial charge is 0.273 e. The number of benzene rings is 1. The largest absolute Gasteiger partial charge is 0.494 e. The zero-order valence-electron chi connectivity index (χ0n) is 22.7. The lowest BCUT2D eigenvalue weighted by Gasteiger charge is -2.62. The molecule has 4 aliphatic rings. The first-order valence-corrected chi connectivity index (χ1v) is 11.9. The van der Waals surface area contributed by atoms with Gasteiger partial charge in [0.1, 0.15) is 0 Å². The lowest BCUT2D eigenvalue weighted by molar-refractivity contribution is -0.117. The summed E-state index contributed by atoms with van der Waals surface area (Å²) < 4.78 is 27.9. The molecule has 0 atom stereocenters. The van der Waals surface area contributed by atoms with Gasteiger partial charge in [-0.2, -0.15) is 0 Å². The maximum Gasteiger partial charge on any atom is 0.273 e. The summed E-state index contributed by atoms with van der Waals surface area (Å²) in [6, 6.07) is 6.77. The Labute approximate surface area is 212 Å². The number of nitrogens with one attached hydrogen (secondary N) is 3. The van der Waals surface area contributed by atoms with E-state index in [2.05, 4.69) is 30.8 Å². The lowest BCUT2D eigenvalue weighted by atomic mass is 9.42. The van der Waals surface area contributed by atoms with Crippen LogP contribution in [-0.4, -0.2) is 46.1 Å². The number of carbonyl (C=O) groups is 2. The summed E-state index contributed by atoms with van der Waals surface area (Å²) in [4.78, 5) is 34.3. The van der Waals surface area contributed by atoms with E-state index in [0.717, 1.165) is 24.3 Å². The van der Waals surface area contributed by atoms with Crippen molar-refractivity contribution in [1.29, 1.82) is 0 Å². The summed E-state index contributed by atoms with van der Waals surface area (Å²) >= 11 is 0. The lowest BCUT2D eigenvalue weighted by Crippen LogP contribution is -2.55.